The minimum absolute atomic E-state index is 0.131. The molecule has 2 aromatic carbocycles. The lowest BCUT2D eigenvalue weighted by molar-refractivity contribution is 0.0939. The summed E-state index contributed by atoms with van der Waals surface area (Å²) in [5, 5.41) is 5.74. The first-order chi connectivity index (χ1) is 12.0. The summed E-state index contributed by atoms with van der Waals surface area (Å²) >= 11 is 0. The molecule has 5 nitrogen and oxygen atoms in total. The Kier molecular flexibility index (Phi) is 6.71. The smallest absolute Gasteiger partial charge is 0.251 e. The van der Waals surface area contributed by atoms with Gasteiger partial charge in [0.2, 0.25) is 0 Å². The quantitative estimate of drug-likeness (QED) is 0.813. The molecule has 0 atom stereocenters. The summed E-state index contributed by atoms with van der Waals surface area (Å²) in [6, 6.07) is 14.7. The molecule has 0 heterocycles. The van der Waals surface area contributed by atoms with Crippen molar-refractivity contribution in [3.63, 3.8) is 0 Å². The Bertz CT molecular complexity index is 724. The first-order valence-corrected chi connectivity index (χ1v) is 8.32. The number of rotatable bonds is 7. The van der Waals surface area contributed by atoms with Crippen LogP contribution in [0.3, 0.4) is 0 Å². The summed E-state index contributed by atoms with van der Waals surface area (Å²) in [5.74, 6) is -0.283. The van der Waals surface area contributed by atoms with Gasteiger partial charge in [0.1, 0.15) is 0 Å². The molecule has 0 fully saturated rings. The summed E-state index contributed by atoms with van der Waals surface area (Å²) in [5.41, 5.74) is 3.31. The Morgan fingerprint density at radius 1 is 0.920 bits per heavy atom. The Labute approximate surface area is 149 Å². The standard InChI is InChI=1S/C20H25N3O2/c1-15-5-4-6-16(13-15)14-22-20(25)18-9-7-17(8-10-18)19(24)21-11-12-23(2)3/h4-10,13H,11-12,14H2,1-3H3,(H,21,24)(H,22,25). The number of nitrogens with zero attached hydrogens (tertiary/aromatic N) is 1. The van der Waals surface area contributed by atoms with Crippen LogP contribution in [0, 0.1) is 6.92 Å². The molecule has 5 heteroatoms. The molecule has 0 aromatic heterocycles. The summed E-state index contributed by atoms with van der Waals surface area (Å²) in [6.07, 6.45) is 0. The van der Waals surface area contributed by atoms with Gasteiger partial charge in [-0.1, -0.05) is 29.8 Å². The van der Waals surface area contributed by atoms with Gasteiger partial charge in [-0.2, -0.15) is 0 Å². The highest BCUT2D eigenvalue weighted by molar-refractivity contribution is 5.97. The lowest BCUT2D eigenvalue weighted by Crippen LogP contribution is -2.31. The van der Waals surface area contributed by atoms with Gasteiger partial charge in [-0.3, -0.25) is 9.59 Å². The second-order valence-corrected chi connectivity index (χ2v) is 6.31. The molecule has 0 aliphatic rings. The zero-order valence-corrected chi connectivity index (χ0v) is 15.0. The minimum Gasteiger partial charge on any atom is -0.351 e. The van der Waals surface area contributed by atoms with E-state index >= 15 is 0 Å². The first kappa shape index (κ1) is 18.7. The van der Waals surface area contributed by atoms with Gasteiger partial charge in [-0.25, -0.2) is 0 Å². The maximum Gasteiger partial charge on any atom is 0.251 e. The normalized spacial score (nSPS) is 10.6. The van der Waals surface area contributed by atoms with Crippen LogP contribution in [0.25, 0.3) is 0 Å². The van der Waals surface area contributed by atoms with E-state index in [1.165, 1.54) is 0 Å². The number of aryl methyl sites for hydroxylation is 1. The average molecular weight is 339 g/mol. The predicted molar refractivity (Wildman–Crippen MR) is 99.7 cm³/mol. The number of benzene rings is 2. The molecule has 0 aliphatic heterocycles. The van der Waals surface area contributed by atoms with E-state index in [1.807, 2.05) is 50.2 Å². The molecule has 132 valence electrons. The van der Waals surface area contributed by atoms with E-state index in [0.717, 1.165) is 17.7 Å². The molecule has 0 unspecified atom stereocenters. The van der Waals surface area contributed by atoms with Crippen molar-refractivity contribution in [2.24, 2.45) is 0 Å². The molecule has 2 amide bonds. The molecule has 2 aromatic rings. The van der Waals surface area contributed by atoms with Gasteiger partial charge in [-0.05, 0) is 50.8 Å². The highest BCUT2D eigenvalue weighted by atomic mass is 16.2. The van der Waals surface area contributed by atoms with Gasteiger partial charge in [0.15, 0.2) is 0 Å². The first-order valence-electron chi connectivity index (χ1n) is 8.32. The van der Waals surface area contributed by atoms with E-state index < -0.39 is 0 Å². The van der Waals surface area contributed by atoms with Crippen molar-refractivity contribution < 1.29 is 9.59 Å². The van der Waals surface area contributed by atoms with Crippen LogP contribution in [-0.4, -0.2) is 43.9 Å². The highest BCUT2D eigenvalue weighted by Crippen LogP contribution is 2.07. The predicted octanol–water partition coefficient (Wildman–Crippen LogP) is 2.22. The Morgan fingerprint density at radius 3 is 2.08 bits per heavy atom. The van der Waals surface area contributed by atoms with Crippen LogP contribution >= 0.6 is 0 Å². The van der Waals surface area contributed by atoms with Gasteiger partial charge < -0.3 is 15.5 Å². The molecule has 0 bridgehead atoms. The van der Waals surface area contributed by atoms with Crippen LogP contribution in [0.2, 0.25) is 0 Å². The molecule has 2 rings (SSSR count). The van der Waals surface area contributed by atoms with Crippen LogP contribution in [-0.2, 0) is 6.54 Å². The van der Waals surface area contributed by atoms with Gasteiger partial charge >= 0.3 is 0 Å². The highest BCUT2D eigenvalue weighted by Gasteiger charge is 2.09. The maximum absolute atomic E-state index is 12.2. The molecule has 0 aliphatic carbocycles. The van der Waals surface area contributed by atoms with Gasteiger partial charge in [0.05, 0.1) is 0 Å². The van der Waals surface area contributed by atoms with Crippen molar-refractivity contribution in [3.8, 4) is 0 Å². The molecule has 0 saturated heterocycles. The zero-order chi connectivity index (χ0) is 18.2. The number of carbonyl (C=O) groups is 2. The van der Waals surface area contributed by atoms with Crippen molar-refractivity contribution in [2.75, 3.05) is 27.2 Å². The number of carbonyl (C=O) groups excluding carboxylic acids is 2. The van der Waals surface area contributed by atoms with Crippen LogP contribution in [0.15, 0.2) is 48.5 Å². The summed E-state index contributed by atoms with van der Waals surface area (Å²) in [7, 11) is 3.91. The van der Waals surface area contributed by atoms with Crippen molar-refractivity contribution in [1.29, 1.82) is 0 Å². The van der Waals surface area contributed by atoms with E-state index in [-0.39, 0.29) is 11.8 Å². The van der Waals surface area contributed by atoms with Crippen LogP contribution < -0.4 is 10.6 Å². The Hall–Kier alpha value is -2.66. The monoisotopic (exact) mass is 339 g/mol. The van der Waals surface area contributed by atoms with Crippen molar-refractivity contribution in [1.82, 2.24) is 15.5 Å². The topological polar surface area (TPSA) is 61.4 Å². The molecule has 25 heavy (non-hydrogen) atoms. The average Bonchev–Trinajstić information content (AvgIpc) is 2.59. The Balaban J connectivity index is 1.88. The largest absolute Gasteiger partial charge is 0.351 e. The second-order valence-electron chi connectivity index (χ2n) is 6.31. The fourth-order valence-electron chi connectivity index (χ4n) is 2.37. The lowest BCUT2D eigenvalue weighted by atomic mass is 10.1. The fourth-order valence-corrected chi connectivity index (χ4v) is 2.37. The molecule has 0 spiro atoms. The minimum atomic E-state index is -0.152. The maximum atomic E-state index is 12.2. The van der Waals surface area contributed by atoms with E-state index in [4.69, 9.17) is 0 Å². The van der Waals surface area contributed by atoms with Gasteiger partial charge in [-0.15, -0.1) is 0 Å². The SMILES string of the molecule is Cc1cccc(CNC(=O)c2ccc(C(=O)NCCN(C)C)cc2)c1. The zero-order valence-electron chi connectivity index (χ0n) is 15.0. The number of nitrogens with one attached hydrogen (secondary N) is 2. The van der Waals surface area contributed by atoms with E-state index in [2.05, 4.69) is 10.6 Å². The molecular weight excluding hydrogens is 314 g/mol. The van der Waals surface area contributed by atoms with E-state index in [0.29, 0.717) is 24.2 Å². The van der Waals surface area contributed by atoms with E-state index in [9.17, 15) is 9.59 Å². The third kappa shape index (κ3) is 6.04. The third-order valence-electron chi connectivity index (χ3n) is 3.79. The van der Waals surface area contributed by atoms with Crippen LogP contribution in [0.5, 0.6) is 0 Å². The van der Waals surface area contributed by atoms with Crippen molar-refractivity contribution >= 4 is 11.8 Å². The summed E-state index contributed by atoms with van der Waals surface area (Å²) < 4.78 is 0. The fraction of sp³-hybridized carbons (Fsp3) is 0.300. The third-order valence-corrected chi connectivity index (χ3v) is 3.79. The van der Waals surface area contributed by atoms with Gasteiger partial charge in [0.25, 0.3) is 11.8 Å². The van der Waals surface area contributed by atoms with Crippen LogP contribution in [0.4, 0.5) is 0 Å². The molecule has 0 saturated carbocycles. The Morgan fingerprint density at radius 2 is 1.52 bits per heavy atom. The van der Waals surface area contributed by atoms with Crippen molar-refractivity contribution in [2.45, 2.75) is 13.5 Å². The molecular formula is C20H25N3O2. The van der Waals surface area contributed by atoms with Crippen molar-refractivity contribution in [3.05, 3.63) is 70.8 Å². The van der Waals surface area contributed by atoms with Crippen LogP contribution in [0.1, 0.15) is 31.8 Å². The van der Waals surface area contributed by atoms with Gasteiger partial charge in [0, 0.05) is 30.8 Å². The molecule has 2 N–H and O–H groups in total. The second kappa shape index (κ2) is 8.99. The van der Waals surface area contributed by atoms with E-state index in [1.54, 1.807) is 24.3 Å². The number of likely N-dealkylation sites (N-methyl/N-ethyl adjacent to an activating group) is 1. The number of hydrogen-bond acceptors (Lipinski definition) is 3. The number of hydrogen-bond donors (Lipinski definition) is 2. The summed E-state index contributed by atoms with van der Waals surface area (Å²) in [4.78, 5) is 26.2. The number of amides is 2. The lowest BCUT2D eigenvalue weighted by Gasteiger charge is -2.10. The molecule has 0 radical (unpaired) electrons. The summed E-state index contributed by atoms with van der Waals surface area (Å²) in [6.45, 7) is 3.87.